The molecule has 1 radical (unpaired) electrons. The number of nitrogens with one attached hydrogen (secondary N) is 1. The van der Waals surface area contributed by atoms with Crippen molar-refractivity contribution in [1.29, 1.82) is 0 Å². The van der Waals surface area contributed by atoms with Crippen LogP contribution in [-0.4, -0.2) is 27.3 Å². The molecule has 0 aromatic heterocycles. The standard InChI is InChI=1S/C5H8NO2S/c7-9(8)3-5(4-9)1-6-2-5/h3,6H,1-2,4H2. The van der Waals surface area contributed by atoms with Crippen LogP contribution < -0.4 is 5.32 Å². The van der Waals surface area contributed by atoms with Gasteiger partial charge in [0, 0.05) is 18.5 Å². The first kappa shape index (κ1) is 5.68. The van der Waals surface area contributed by atoms with Crippen molar-refractivity contribution in [3.63, 3.8) is 0 Å². The average Bonchev–Trinajstić information content (AvgIpc) is 1.54. The fourth-order valence-electron chi connectivity index (χ4n) is 1.39. The first-order chi connectivity index (χ1) is 4.12. The zero-order valence-corrected chi connectivity index (χ0v) is 5.74. The minimum atomic E-state index is -2.71. The van der Waals surface area contributed by atoms with Crippen LogP contribution in [0.5, 0.6) is 0 Å². The Bertz CT molecular complexity index is 213. The number of hydrogen-bond acceptors (Lipinski definition) is 3. The number of sulfone groups is 1. The summed E-state index contributed by atoms with van der Waals surface area (Å²) in [6.45, 7) is 1.71. The third-order valence-corrected chi connectivity index (χ3v) is 3.71. The second-order valence-electron chi connectivity index (χ2n) is 2.89. The van der Waals surface area contributed by atoms with Gasteiger partial charge in [0.1, 0.15) is 0 Å². The smallest absolute Gasteiger partial charge is 0.155 e. The number of rotatable bonds is 0. The Morgan fingerprint density at radius 3 is 2.11 bits per heavy atom. The van der Waals surface area contributed by atoms with Crippen LogP contribution in [0.4, 0.5) is 0 Å². The molecule has 0 amide bonds. The van der Waals surface area contributed by atoms with Crippen molar-refractivity contribution in [3.8, 4) is 0 Å². The van der Waals surface area contributed by atoms with Crippen LogP contribution in [0.2, 0.25) is 0 Å². The molecule has 2 rings (SSSR count). The lowest BCUT2D eigenvalue weighted by atomic mass is 9.85. The van der Waals surface area contributed by atoms with Gasteiger partial charge in [0.15, 0.2) is 9.84 Å². The van der Waals surface area contributed by atoms with Gasteiger partial charge < -0.3 is 5.32 Å². The van der Waals surface area contributed by atoms with Gasteiger partial charge >= 0.3 is 0 Å². The summed E-state index contributed by atoms with van der Waals surface area (Å²) in [6.07, 6.45) is 0. The van der Waals surface area contributed by atoms with E-state index in [9.17, 15) is 8.42 Å². The molecule has 2 fully saturated rings. The molecule has 2 heterocycles. The molecular weight excluding hydrogens is 138 g/mol. The molecule has 0 aromatic carbocycles. The van der Waals surface area contributed by atoms with Gasteiger partial charge in [-0.05, 0) is 0 Å². The van der Waals surface area contributed by atoms with Gasteiger partial charge in [-0.2, -0.15) is 0 Å². The fourth-order valence-corrected chi connectivity index (χ4v) is 3.28. The van der Waals surface area contributed by atoms with Crippen molar-refractivity contribution in [1.82, 2.24) is 5.32 Å². The van der Waals surface area contributed by atoms with Gasteiger partial charge in [-0.3, -0.25) is 0 Å². The highest BCUT2D eigenvalue weighted by molar-refractivity contribution is 7.95. The third kappa shape index (κ3) is 0.697. The second-order valence-corrected chi connectivity index (χ2v) is 4.74. The molecular formula is C5H8NO2S. The van der Waals surface area contributed by atoms with E-state index in [0.29, 0.717) is 5.75 Å². The van der Waals surface area contributed by atoms with Crippen LogP contribution in [0.25, 0.3) is 0 Å². The Morgan fingerprint density at radius 2 is 2.00 bits per heavy atom. The van der Waals surface area contributed by atoms with E-state index in [1.807, 2.05) is 0 Å². The van der Waals surface area contributed by atoms with Gasteiger partial charge in [-0.15, -0.1) is 0 Å². The molecule has 0 aromatic rings. The summed E-state index contributed by atoms with van der Waals surface area (Å²) >= 11 is 0. The van der Waals surface area contributed by atoms with E-state index in [2.05, 4.69) is 5.32 Å². The second kappa shape index (κ2) is 1.32. The molecule has 0 bridgehead atoms. The molecule has 51 valence electrons. The van der Waals surface area contributed by atoms with E-state index in [0.717, 1.165) is 13.1 Å². The molecule has 3 nitrogen and oxygen atoms in total. The Morgan fingerprint density at radius 1 is 1.44 bits per heavy atom. The molecule has 0 unspecified atom stereocenters. The zero-order chi connectivity index (χ0) is 6.54. The van der Waals surface area contributed by atoms with Crippen molar-refractivity contribution >= 4 is 9.84 Å². The van der Waals surface area contributed by atoms with Crippen LogP contribution >= 0.6 is 0 Å². The lowest BCUT2D eigenvalue weighted by Crippen LogP contribution is -2.64. The molecule has 4 heteroatoms. The Hall–Kier alpha value is -0.0900. The predicted molar refractivity (Wildman–Crippen MR) is 33.4 cm³/mol. The highest BCUT2D eigenvalue weighted by atomic mass is 32.2. The van der Waals surface area contributed by atoms with Crippen molar-refractivity contribution in [2.45, 2.75) is 0 Å². The van der Waals surface area contributed by atoms with Gasteiger partial charge in [-0.25, -0.2) is 8.42 Å². The Labute approximate surface area is 54.4 Å². The van der Waals surface area contributed by atoms with E-state index < -0.39 is 9.84 Å². The SMILES string of the molecule is O=S1(=O)[CH]C2(CNC2)C1. The van der Waals surface area contributed by atoms with E-state index >= 15 is 0 Å². The lowest BCUT2D eigenvalue weighted by Gasteiger charge is -2.48. The molecule has 9 heavy (non-hydrogen) atoms. The molecule has 1 N–H and O–H groups in total. The summed E-state index contributed by atoms with van der Waals surface area (Å²) < 4.78 is 21.2. The summed E-state index contributed by atoms with van der Waals surface area (Å²) in [4.78, 5) is 0. The van der Waals surface area contributed by atoms with Crippen molar-refractivity contribution in [2.24, 2.45) is 5.41 Å². The van der Waals surface area contributed by atoms with Gasteiger partial charge in [0.2, 0.25) is 0 Å². The predicted octanol–water partition coefficient (Wildman–Crippen LogP) is -0.834. The maximum atomic E-state index is 10.6. The van der Waals surface area contributed by atoms with Crippen LogP contribution in [0.1, 0.15) is 0 Å². The van der Waals surface area contributed by atoms with E-state index in [-0.39, 0.29) is 5.41 Å². The molecule has 2 saturated heterocycles. The third-order valence-electron chi connectivity index (χ3n) is 1.87. The maximum absolute atomic E-state index is 10.6. The topological polar surface area (TPSA) is 46.2 Å². The van der Waals surface area contributed by atoms with Crippen LogP contribution in [0, 0.1) is 11.2 Å². The minimum Gasteiger partial charge on any atom is -0.315 e. The summed E-state index contributed by atoms with van der Waals surface area (Å²) in [5, 5.41) is 3.05. The molecule has 1 spiro atoms. The summed E-state index contributed by atoms with van der Waals surface area (Å²) in [6, 6.07) is 0. The Kier molecular flexibility index (Phi) is 0.833. The van der Waals surface area contributed by atoms with Gasteiger partial charge in [0.25, 0.3) is 0 Å². The molecule has 0 aliphatic carbocycles. The minimum absolute atomic E-state index is 0.0544. The largest absolute Gasteiger partial charge is 0.315 e. The van der Waals surface area contributed by atoms with Crippen LogP contribution in [0.15, 0.2) is 0 Å². The molecule has 2 aliphatic heterocycles. The summed E-state index contributed by atoms with van der Waals surface area (Å²) in [5.74, 6) is 1.85. The first-order valence-electron chi connectivity index (χ1n) is 2.91. The van der Waals surface area contributed by atoms with Crippen LogP contribution in [-0.2, 0) is 9.84 Å². The maximum Gasteiger partial charge on any atom is 0.155 e. The molecule has 0 saturated carbocycles. The fraction of sp³-hybridized carbons (Fsp3) is 0.800. The van der Waals surface area contributed by atoms with Crippen LogP contribution in [0.3, 0.4) is 0 Å². The number of hydrogen-bond donors (Lipinski definition) is 1. The molecule has 0 atom stereocenters. The van der Waals surface area contributed by atoms with E-state index in [4.69, 9.17) is 0 Å². The van der Waals surface area contributed by atoms with Crippen molar-refractivity contribution < 1.29 is 8.42 Å². The highest BCUT2D eigenvalue weighted by Crippen LogP contribution is 2.40. The lowest BCUT2D eigenvalue weighted by molar-refractivity contribution is 0.239. The van der Waals surface area contributed by atoms with Crippen molar-refractivity contribution in [3.05, 3.63) is 5.75 Å². The normalized spacial score (nSPS) is 35.1. The zero-order valence-electron chi connectivity index (χ0n) is 4.92. The molecule has 2 aliphatic rings. The average molecular weight is 146 g/mol. The highest BCUT2D eigenvalue weighted by Gasteiger charge is 2.52. The quantitative estimate of drug-likeness (QED) is 0.485. The Balaban J connectivity index is 2.12. The first-order valence-corrected chi connectivity index (χ1v) is 4.63. The monoisotopic (exact) mass is 146 g/mol. The van der Waals surface area contributed by atoms with E-state index in [1.54, 1.807) is 0 Å². The van der Waals surface area contributed by atoms with Gasteiger partial charge in [0.05, 0.1) is 11.5 Å². The summed E-state index contributed by atoms with van der Waals surface area (Å²) in [5.41, 5.74) is 0.0544. The summed E-state index contributed by atoms with van der Waals surface area (Å²) in [7, 11) is -2.71. The van der Waals surface area contributed by atoms with E-state index in [1.165, 1.54) is 5.75 Å². The van der Waals surface area contributed by atoms with Gasteiger partial charge in [-0.1, -0.05) is 0 Å². The van der Waals surface area contributed by atoms with Crippen molar-refractivity contribution in [2.75, 3.05) is 18.8 Å².